The van der Waals surface area contributed by atoms with E-state index in [1.807, 2.05) is 0 Å². The van der Waals surface area contributed by atoms with Gasteiger partial charge in [-0.3, -0.25) is 4.79 Å². The van der Waals surface area contributed by atoms with Gasteiger partial charge < -0.3 is 15.4 Å². The van der Waals surface area contributed by atoms with Gasteiger partial charge in [0, 0.05) is 12.6 Å². The zero-order valence-electron chi connectivity index (χ0n) is 9.13. The van der Waals surface area contributed by atoms with E-state index in [-0.39, 0.29) is 12.5 Å². The summed E-state index contributed by atoms with van der Waals surface area (Å²) in [6.07, 6.45) is 6.11. The summed E-state index contributed by atoms with van der Waals surface area (Å²) in [4.78, 5) is 11.5. The third-order valence-electron chi connectivity index (χ3n) is 3.18. The second-order valence-electron chi connectivity index (χ2n) is 4.47. The fourth-order valence-electron chi connectivity index (χ4n) is 2.30. The highest BCUT2D eigenvalue weighted by atomic mass is 16.5. The van der Waals surface area contributed by atoms with Crippen molar-refractivity contribution in [2.45, 2.75) is 44.2 Å². The van der Waals surface area contributed by atoms with Crippen LogP contribution in [0.15, 0.2) is 0 Å². The highest BCUT2D eigenvalue weighted by Crippen LogP contribution is 2.20. The monoisotopic (exact) mass is 212 g/mol. The molecule has 4 heteroatoms. The first kappa shape index (κ1) is 10.9. The maximum Gasteiger partial charge on any atom is 0.246 e. The number of ether oxygens (including phenoxy) is 1. The van der Waals surface area contributed by atoms with E-state index in [0.29, 0.717) is 12.1 Å². The molecule has 1 aliphatic carbocycles. The third kappa shape index (κ3) is 3.47. The average Bonchev–Trinajstić information content (AvgIpc) is 2.86. The molecule has 0 aromatic heterocycles. The van der Waals surface area contributed by atoms with Crippen molar-refractivity contribution in [3.8, 4) is 0 Å². The molecular formula is C11H20N2O2. The first-order chi connectivity index (χ1) is 7.34. The third-order valence-corrected chi connectivity index (χ3v) is 3.18. The van der Waals surface area contributed by atoms with Crippen molar-refractivity contribution in [2.75, 3.05) is 19.7 Å². The lowest BCUT2D eigenvalue weighted by Gasteiger charge is -2.14. The first-order valence-electron chi connectivity index (χ1n) is 5.96. The maximum absolute atomic E-state index is 11.5. The van der Waals surface area contributed by atoms with E-state index in [0.717, 1.165) is 32.4 Å². The Labute approximate surface area is 90.8 Å². The highest BCUT2D eigenvalue weighted by molar-refractivity contribution is 5.77. The van der Waals surface area contributed by atoms with Gasteiger partial charge >= 0.3 is 0 Å². The molecule has 2 fully saturated rings. The van der Waals surface area contributed by atoms with Crippen LogP contribution in [0.3, 0.4) is 0 Å². The number of carbonyl (C=O) groups excluding carboxylic acids is 1. The molecule has 1 amide bonds. The van der Waals surface area contributed by atoms with Crippen molar-refractivity contribution in [3.63, 3.8) is 0 Å². The van der Waals surface area contributed by atoms with Crippen molar-refractivity contribution >= 4 is 5.91 Å². The van der Waals surface area contributed by atoms with Crippen LogP contribution < -0.4 is 10.6 Å². The Morgan fingerprint density at radius 3 is 2.80 bits per heavy atom. The van der Waals surface area contributed by atoms with Crippen LogP contribution in [0.4, 0.5) is 0 Å². The molecule has 15 heavy (non-hydrogen) atoms. The lowest BCUT2D eigenvalue weighted by atomic mass is 10.2. The van der Waals surface area contributed by atoms with E-state index in [2.05, 4.69) is 10.6 Å². The predicted molar refractivity (Wildman–Crippen MR) is 57.6 cm³/mol. The number of nitrogens with one attached hydrogen (secondary N) is 2. The van der Waals surface area contributed by atoms with Crippen molar-refractivity contribution in [3.05, 3.63) is 0 Å². The van der Waals surface area contributed by atoms with Gasteiger partial charge in [-0.1, -0.05) is 12.8 Å². The molecule has 1 heterocycles. The summed E-state index contributed by atoms with van der Waals surface area (Å²) in [7, 11) is 0. The molecule has 0 bridgehead atoms. The van der Waals surface area contributed by atoms with E-state index in [9.17, 15) is 4.79 Å². The lowest BCUT2D eigenvalue weighted by molar-refractivity contribution is -0.128. The minimum Gasteiger partial charge on any atom is -0.368 e. The van der Waals surface area contributed by atoms with Crippen molar-refractivity contribution in [1.29, 1.82) is 0 Å². The fraction of sp³-hybridized carbons (Fsp3) is 0.909. The normalized spacial score (nSPS) is 27.1. The van der Waals surface area contributed by atoms with E-state index < -0.39 is 0 Å². The summed E-state index contributed by atoms with van der Waals surface area (Å²) in [6.45, 7) is 2.14. The van der Waals surface area contributed by atoms with Gasteiger partial charge in [0.15, 0.2) is 0 Å². The van der Waals surface area contributed by atoms with E-state index in [1.54, 1.807) is 0 Å². The summed E-state index contributed by atoms with van der Waals surface area (Å²) in [5, 5.41) is 6.20. The van der Waals surface area contributed by atoms with Crippen molar-refractivity contribution < 1.29 is 9.53 Å². The average molecular weight is 212 g/mol. The molecule has 4 nitrogen and oxygen atoms in total. The smallest absolute Gasteiger partial charge is 0.246 e. The molecular weight excluding hydrogens is 192 g/mol. The molecule has 86 valence electrons. The van der Waals surface area contributed by atoms with Gasteiger partial charge in [-0.15, -0.1) is 0 Å². The zero-order chi connectivity index (χ0) is 10.5. The molecule has 0 aromatic rings. The van der Waals surface area contributed by atoms with Gasteiger partial charge in [0.05, 0.1) is 6.10 Å². The summed E-state index contributed by atoms with van der Waals surface area (Å²) in [5.74, 6) is 0.0376. The standard InChI is InChI=1S/C11H20N2O2/c14-11(13-9-5-6-12-7-9)8-15-10-3-1-2-4-10/h9-10,12H,1-8H2,(H,13,14). The van der Waals surface area contributed by atoms with Crippen LogP contribution in [0.5, 0.6) is 0 Å². The van der Waals surface area contributed by atoms with E-state index in [1.165, 1.54) is 12.8 Å². The molecule has 0 aromatic carbocycles. The van der Waals surface area contributed by atoms with Gasteiger partial charge in [0.25, 0.3) is 0 Å². The molecule has 1 aliphatic heterocycles. The summed E-state index contributed by atoms with van der Waals surface area (Å²) < 4.78 is 5.54. The number of rotatable bonds is 4. The molecule has 2 N–H and O–H groups in total. The molecule has 1 saturated carbocycles. The van der Waals surface area contributed by atoms with E-state index in [4.69, 9.17) is 4.74 Å². The summed E-state index contributed by atoms with van der Waals surface area (Å²) in [5.41, 5.74) is 0. The minimum absolute atomic E-state index is 0.0376. The predicted octanol–water partition coefficient (Wildman–Crippen LogP) is 0.424. The topological polar surface area (TPSA) is 50.4 Å². The second-order valence-corrected chi connectivity index (χ2v) is 4.47. The fourth-order valence-corrected chi connectivity index (χ4v) is 2.30. The summed E-state index contributed by atoms with van der Waals surface area (Å²) >= 11 is 0. The molecule has 1 atom stereocenters. The van der Waals surface area contributed by atoms with Crippen LogP contribution in [-0.2, 0) is 9.53 Å². The minimum atomic E-state index is 0.0376. The lowest BCUT2D eigenvalue weighted by Crippen LogP contribution is -2.39. The van der Waals surface area contributed by atoms with Crippen molar-refractivity contribution in [2.24, 2.45) is 0 Å². The van der Waals surface area contributed by atoms with Crippen LogP contribution in [0.25, 0.3) is 0 Å². The first-order valence-corrected chi connectivity index (χ1v) is 5.96. The Kier molecular flexibility index (Phi) is 3.97. The Bertz CT molecular complexity index is 209. The molecule has 1 saturated heterocycles. The number of amides is 1. The molecule has 2 rings (SSSR count). The van der Waals surface area contributed by atoms with Crippen LogP contribution >= 0.6 is 0 Å². The molecule has 0 radical (unpaired) electrons. The van der Waals surface area contributed by atoms with Gasteiger partial charge in [0.2, 0.25) is 5.91 Å². The largest absolute Gasteiger partial charge is 0.368 e. The van der Waals surface area contributed by atoms with Crippen molar-refractivity contribution in [1.82, 2.24) is 10.6 Å². The Morgan fingerprint density at radius 2 is 2.13 bits per heavy atom. The quantitative estimate of drug-likeness (QED) is 0.710. The molecule has 0 spiro atoms. The number of hydrogen-bond acceptors (Lipinski definition) is 3. The molecule has 2 aliphatic rings. The van der Waals surface area contributed by atoms with Crippen LogP contribution in [0.1, 0.15) is 32.1 Å². The van der Waals surface area contributed by atoms with Gasteiger partial charge in [-0.25, -0.2) is 0 Å². The number of carbonyl (C=O) groups is 1. The zero-order valence-corrected chi connectivity index (χ0v) is 9.13. The van der Waals surface area contributed by atoms with Gasteiger partial charge in [-0.05, 0) is 25.8 Å². The van der Waals surface area contributed by atoms with E-state index >= 15 is 0 Å². The summed E-state index contributed by atoms with van der Waals surface area (Å²) in [6, 6.07) is 0.310. The van der Waals surface area contributed by atoms with Crippen LogP contribution in [0.2, 0.25) is 0 Å². The Hall–Kier alpha value is -0.610. The molecule has 1 unspecified atom stereocenters. The Balaban J connectivity index is 1.59. The maximum atomic E-state index is 11.5. The van der Waals surface area contributed by atoms with Gasteiger partial charge in [-0.2, -0.15) is 0 Å². The number of hydrogen-bond donors (Lipinski definition) is 2. The second kappa shape index (κ2) is 5.47. The van der Waals surface area contributed by atoms with Crippen LogP contribution in [0, 0.1) is 0 Å². The SMILES string of the molecule is O=C(COC1CCCC1)NC1CCNC1. The Morgan fingerprint density at radius 1 is 1.33 bits per heavy atom. The van der Waals surface area contributed by atoms with Crippen LogP contribution in [-0.4, -0.2) is 37.7 Å². The van der Waals surface area contributed by atoms with Gasteiger partial charge in [0.1, 0.15) is 6.61 Å². The highest BCUT2D eigenvalue weighted by Gasteiger charge is 2.19.